The molecule has 0 radical (unpaired) electrons. The van der Waals surface area contributed by atoms with Crippen LogP contribution in [-0.2, 0) is 9.47 Å². The monoisotopic (exact) mass is 400 g/mol. The summed E-state index contributed by atoms with van der Waals surface area (Å²) in [5.41, 5.74) is 0.354. The predicted octanol–water partition coefficient (Wildman–Crippen LogP) is 3.94. The first-order chi connectivity index (χ1) is 12.5. The number of halogens is 3. The summed E-state index contributed by atoms with van der Waals surface area (Å²) in [6.45, 7) is 2.04. The highest BCUT2D eigenvalue weighted by atomic mass is 35.5. The maximum Gasteiger partial charge on any atom is 0.337 e. The van der Waals surface area contributed by atoms with Gasteiger partial charge in [0.1, 0.15) is 15.8 Å². The third-order valence-corrected chi connectivity index (χ3v) is 4.45. The summed E-state index contributed by atoms with van der Waals surface area (Å²) in [7, 11) is 1.29. The lowest BCUT2D eigenvalue weighted by Crippen LogP contribution is -2.37. The molecule has 1 aliphatic rings. The van der Waals surface area contributed by atoms with E-state index in [1.54, 1.807) is 4.90 Å². The van der Waals surface area contributed by atoms with E-state index in [1.165, 1.54) is 31.4 Å². The summed E-state index contributed by atoms with van der Waals surface area (Å²) in [6.07, 6.45) is 0. The van der Waals surface area contributed by atoms with Crippen LogP contribution in [0.25, 0.3) is 0 Å². The molecule has 6 nitrogen and oxygen atoms in total. The van der Waals surface area contributed by atoms with Crippen LogP contribution in [0, 0.1) is 5.95 Å². The van der Waals surface area contributed by atoms with Crippen LogP contribution in [-0.4, -0.2) is 44.4 Å². The smallest absolute Gasteiger partial charge is 0.337 e. The number of hydrogen-bond acceptors (Lipinski definition) is 6. The number of hydrogen-bond donors (Lipinski definition) is 0. The van der Waals surface area contributed by atoms with E-state index in [2.05, 4.69) is 9.72 Å². The van der Waals surface area contributed by atoms with Gasteiger partial charge in [-0.2, -0.15) is 9.37 Å². The van der Waals surface area contributed by atoms with E-state index in [0.29, 0.717) is 37.6 Å². The number of esters is 1. The van der Waals surface area contributed by atoms with Gasteiger partial charge in [-0.25, -0.2) is 4.79 Å². The Bertz CT molecular complexity index is 811. The number of ether oxygens (including phenoxy) is 3. The third kappa shape index (κ3) is 3.85. The second kappa shape index (κ2) is 8.07. The van der Waals surface area contributed by atoms with Crippen molar-refractivity contribution in [2.24, 2.45) is 0 Å². The summed E-state index contributed by atoms with van der Waals surface area (Å²) >= 11 is 12.4. The molecule has 1 saturated heterocycles. The van der Waals surface area contributed by atoms with Crippen molar-refractivity contribution in [1.29, 1.82) is 0 Å². The number of benzene rings is 1. The van der Waals surface area contributed by atoms with Crippen LogP contribution in [0.2, 0.25) is 10.0 Å². The summed E-state index contributed by atoms with van der Waals surface area (Å²) in [6, 6.07) is 6.10. The van der Waals surface area contributed by atoms with Crippen molar-refractivity contribution in [2.45, 2.75) is 0 Å². The Morgan fingerprint density at radius 1 is 1.19 bits per heavy atom. The van der Waals surface area contributed by atoms with Gasteiger partial charge in [-0.1, -0.05) is 23.2 Å². The van der Waals surface area contributed by atoms with Gasteiger partial charge >= 0.3 is 5.97 Å². The van der Waals surface area contributed by atoms with E-state index in [-0.39, 0.29) is 21.6 Å². The zero-order valence-corrected chi connectivity index (χ0v) is 15.3. The lowest BCUT2D eigenvalue weighted by Gasteiger charge is -2.29. The molecule has 1 aliphatic heterocycles. The maximum atomic E-state index is 14.2. The van der Waals surface area contributed by atoms with E-state index in [4.69, 9.17) is 32.7 Å². The molecule has 1 aromatic heterocycles. The zero-order valence-electron chi connectivity index (χ0n) is 13.8. The molecule has 2 aromatic rings. The summed E-state index contributed by atoms with van der Waals surface area (Å²) < 4.78 is 29.8. The van der Waals surface area contributed by atoms with Crippen LogP contribution in [0.1, 0.15) is 10.4 Å². The molecule has 0 spiro atoms. The maximum absolute atomic E-state index is 14.2. The average molecular weight is 401 g/mol. The van der Waals surface area contributed by atoms with Crippen LogP contribution < -0.4 is 9.64 Å². The van der Waals surface area contributed by atoms with E-state index < -0.39 is 11.9 Å². The Morgan fingerprint density at radius 2 is 1.85 bits per heavy atom. The number of pyridine rings is 1. The lowest BCUT2D eigenvalue weighted by molar-refractivity contribution is 0.0600. The molecule has 0 unspecified atom stereocenters. The van der Waals surface area contributed by atoms with Gasteiger partial charge in [0, 0.05) is 13.1 Å². The van der Waals surface area contributed by atoms with E-state index >= 15 is 0 Å². The van der Waals surface area contributed by atoms with Gasteiger partial charge in [-0.15, -0.1) is 0 Å². The molecule has 0 saturated carbocycles. The minimum atomic E-state index is -0.876. The fourth-order valence-corrected chi connectivity index (χ4v) is 2.97. The van der Waals surface area contributed by atoms with Crippen molar-refractivity contribution in [2.75, 3.05) is 38.3 Å². The highest BCUT2D eigenvalue weighted by molar-refractivity contribution is 6.38. The SMILES string of the molecule is COC(=O)c1ccc(Oc2c(Cl)c(F)nc(N3CCOCC3)c2Cl)cc1. The van der Waals surface area contributed by atoms with Crippen LogP contribution in [0.3, 0.4) is 0 Å². The molecule has 1 fully saturated rings. The highest BCUT2D eigenvalue weighted by Gasteiger charge is 2.24. The van der Waals surface area contributed by atoms with Crippen molar-refractivity contribution in [3.8, 4) is 11.5 Å². The van der Waals surface area contributed by atoms with Gasteiger partial charge in [-0.3, -0.25) is 0 Å². The van der Waals surface area contributed by atoms with Crippen molar-refractivity contribution < 1.29 is 23.4 Å². The van der Waals surface area contributed by atoms with Crippen LogP contribution >= 0.6 is 23.2 Å². The number of rotatable bonds is 4. The molecular formula is C17H15Cl2FN2O4. The number of aromatic nitrogens is 1. The van der Waals surface area contributed by atoms with Crippen molar-refractivity contribution >= 4 is 35.0 Å². The largest absolute Gasteiger partial charge is 0.465 e. The predicted molar refractivity (Wildman–Crippen MR) is 95.1 cm³/mol. The average Bonchev–Trinajstić information content (AvgIpc) is 2.68. The topological polar surface area (TPSA) is 60.9 Å². The molecule has 0 bridgehead atoms. The van der Waals surface area contributed by atoms with Crippen LogP contribution in [0.4, 0.5) is 10.2 Å². The number of nitrogens with zero attached hydrogens (tertiary/aromatic N) is 2. The number of morpholine rings is 1. The fraction of sp³-hybridized carbons (Fsp3) is 0.294. The van der Waals surface area contributed by atoms with E-state index in [1.807, 2.05) is 0 Å². The number of methoxy groups -OCH3 is 1. The Hall–Kier alpha value is -2.09. The number of carbonyl (C=O) groups excluding carboxylic acids is 1. The van der Waals surface area contributed by atoms with Crippen LogP contribution in [0.15, 0.2) is 24.3 Å². The minimum absolute atomic E-state index is 0.0341. The molecule has 0 N–H and O–H groups in total. The summed E-state index contributed by atoms with van der Waals surface area (Å²) in [5, 5.41) is -0.209. The second-order valence-corrected chi connectivity index (χ2v) is 6.16. The molecular weight excluding hydrogens is 386 g/mol. The van der Waals surface area contributed by atoms with E-state index in [0.717, 1.165) is 0 Å². The van der Waals surface area contributed by atoms with Gasteiger partial charge in [0.2, 0.25) is 5.95 Å². The van der Waals surface area contributed by atoms with Gasteiger partial charge < -0.3 is 19.1 Å². The Kier molecular flexibility index (Phi) is 5.80. The van der Waals surface area contributed by atoms with Gasteiger partial charge in [0.05, 0.1) is 25.9 Å². The highest BCUT2D eigenvalue weighted by Crippen LogP contribution is 2.42. The molecule has 26 heavy (non-hydrogen) atoms. The molecule has 2 heterocycles. The second-order valence-electron chi connectivity index (χ2n) is 5.40. The van der Waals surface area contributed by atoms with Gasteiger partial charge in [0.25, 0.3) is 0 Å². The third-order valence-electron chi connectivity index (χ3n) is 3.79. The van der Waals surface area contributed by atoms with Gasteiger partial charge in [0.15, 0.2) is 11.6 Å². The van der Waals surface area contributed by atoms with Crippen molar-refractivity contribution in [3.05, 3.63) is 45.8 Å². The quantitative estimate of drug-likeness (QED) is 0.572. The molecule has 0 aliphatic carbocycles. The zero-order chi connectivity index (χ0) is 18.7. The molecule has 0 atom stereocenters. The minimum Gasteiger partial charge on any atom is -0.465 e. The standard InChI is InChI=1S/C17H15Cl2FN2O4/c1-24-17(23)10-2-4-11(5-3-10)26-14-12(18)15(20)21-16(13(14)19)22-6-8-25-9-7-22/h2-5H,6-9H2,1H3. The Balaban J connectivity index is 1.91. The molecule has 138 valence electrons. The Morgan fingerprint density at radius 3 is 2.46 bits per heavy atom. The molecule has 3 rings (SSSR count). The Labute approximate surface area is 159 Å². The first kappa shape index (κ1) is 18.7. The first-order valence-corrected chi connectivity index (χ1v) is 8.50. The van der Waals surface area contributed by atoms with E-state index in [9.17, 15) is 9.18 Å². The molecule has 1 aromatic carbocycles. The number of carbonyl (C=O) groups is 1. The number of anilines is 1. The molecule has 0 amide bonds. The lowest BCUT2D eigenvalue weighted by atomic mass is 10.2. The van der Waals surface area contributed by atoms with Crippen molar-refractivity contribution in [3.63, 3.8) is 0 Å². The normalized spacial score (nSPS) is 14.2. The van der Waals surface area contributed by atoms with Crippen LogP contribution in [0.5, 0.6) is 11.5 Å². The molecule has 9 heteroatoms. The fourth-order valence-electron chi connectivity index (χ4n) is 2.45. The van der Waals surface area contributed by atoms with Gasteiger partial charge in [-0.05, 0) is 24.3 Å². The first-order valence-electron chi connectivity index (χ1n) is 7.74. The van der Waals surface area contributed by atoms with Crippen molar-refractivity contribution in [1.82, 2.24) is 4.98 Å². The summed E-state index contributed by atoms with van der Waals surface area (Å²) in [4.78, 5) is 17.1. The summed E-state index contributed by atoms with van der Waals surface area (Å²) in [5.74, 6) is -0.804.